The van der Waals surface area contributed by atoms with E-state index in [1.807, 2.05) is 0 Å². The van der Waals surface area contributed by atoms with Gasteiger partial charge < -0.3 is 33.8 Å². The summed E-state index contributed by atoms with van der Waals surface area (Å²) in [4.78, 5) is 73.2. The van der Waals surface area contributed by atoms with E-state index in [0.717, 1.165) is 108 Å². The van der Waals surface area contributed by atoms with Crippen LogP contribution in [0.15, 0.2) is 0 Å². The Balaban J connectivity index is 5.24. The summed E-state index contributed by atoms with van der Waals surface area (Å²) in [5, 5.41) is 10.7. The molecule has 0 aromatic rings. The van der Waals surface area contributed by atoms with Crippen molar-refractivity contribution in [2.24, 2.45) is 17.8 Å². The number of esters is 4. The maximum atomic E-state index is 13.1. The lowest BCUT2D eigenvalue weighted by Gasteiger charge is -2.21. The Bertz CT molecular complexity index is 1990. The summed E-state index contributed by atoms with van der Waals surface area (Å²) in [6.07, 6.45) is 63.8. The van der Waals surface area contributed by atoms with Crippen LogP contribution in [0.2, 0.25) is 0 Å². The largest absolute Gasteiger partial charge is 0.472 e. The fraction of sp³-hybridized carbons (Fsp3) is 0.952. The van der Waals surface area contributed by atoms with Crippen molar-refractivity contribution in [1.82, 2.24) is 0 Å². The molecule has 0 saturated heterocycles. The Morgan fingerprint density at radius 2 is 0.495 bits per heavy atom. The second-order valence-corrected chi connectivity index (χ2v) is 34.3. The smallest absolute Gasteiger partial charge is 0.462 e. The highest BCUT2D eigenvalue weighted by Crippen LogP contribution is 2.45. The van der Waals surface area contributed by atoms with Gasteiger partial charge in [0.25, 0.3) is 0 Å². The quantitative estimate of drug-likeness (QED) is 0.0222. The molecule has 0 rings (SSSR count). The van der Waals surface area contributed by atoms with E-state index in [1.54, 1.807) is 0 Å². The van der Waals surface area contributed by atoms with Crippen molar-refractivity contribution in [2.45, 2.75) is 458 Å². The molecule has 0 spiro atoms. The van der Waals surface area contributed by atoms with E-state index < -0.39 is 97.5 Å². The Kier molecular flexibility index (Phi) is 72.8. The second-order valence-electron chi connectivity index (χ2n) is 31.4. The van der Waals surface area contributed by atoms with Crippen LogP contribution in [-0.2, 0) is 65.4 Å². The summed E-state index contributed by atoms with van der Waals surface area (Å²) in [6, 6.07) is 0. The minimum Gasteiger partial charge on any atom is -0.462 e. The molecule has 0 fully saturated rings. The van der Waals surface area contributed by atoms with Gasteiger partial charge in [0.1, 0.15) is 19.3 Å². The number of aliphatic hydroxyl groups is 1. The lowest BCUT2D eigenvalue weighted by atomic mass is 9.99. The van der Waals surface area contributed by atoms with E-state index in [9.17, 15) is 43.2 Å². The lowest BCUT2D eigenvalue weighted by Crippen LogP contribution is -2.30. The molecule has 6 atom stereocenters. The predicted octanol–water partition coefficient (Wildman–Crippen LogP) is 25.3. The normalized spacial score (nSPS) is 14.2. The molecule has 0 aromatic carbocycles. The number of phosphoric acid groups is 2. The average molecular weight is 1510 g/mol. The number of unbranched alkanes of at least 4 members (excludes halogenated alkanes) is 49. The first-order valence-corrected chi connectivity index (χ1v) is 46.4. The number of hydrogen-bond donors (Lipinski definition) is 3. The first-order valence-electron chi connectivity index (χ1n) is 43.4. The molecule has 17 nitrogen and oxygen atoms in total. The second kappa shape index (κ2) is 74.2. The van der Waals surface area contributed by atoms with Crippen LogP contribution in [0.1, 0.15) is 440 Å². The van der Waals surface area contributed by atoms with Gasteiger partial charge in [-0.25, -0.2) is 9.13 Å². The summed E-state index contributed by atoms with van der Waals surface area (Å²) in [6.45, 7) is 12.0. The van der Waals surface area contributed by atoms with Crippen molar-refractivity contribution in [1.29, 1.82) is 0 Å². The van der Waals surface area contributed by atoms with Crippen LogP contribution >= 0.6 is 15.6 Å². The molecule has 0 bridgehead atoms. The van der Waals surface area contributed by atoms with Crippen molar-refractivity contribution in [3.63, 3.8) is 0 Å². The molecule has 0 heterocycles. The van der Waals surface area contributed by atoms with Gasteiger partial charge in [-0.2, -0.15) is 0 Å². The summed E-state index contributed by atoms with van der Waals surface area (Å²) in [5.41, 5.74) is 0. The van der Waals surface area contributed by atoms with Gasteiger partial charge in [0.2, 0.25) is 0 Å². The Labute approximate surface area is 632 Å². The standard InChI is InChI=1S/C84H164O17P2/c1-8-10-11-12-13-14-15-16-17-20-24-27-30-36-44-51-58-65-81(86)94-71-79(100-83(88)67-60-53-46-37-31-28-25-22-19-18-21-23-26-29-34-41-48-55-62-75(3)4)73-98-102(90,91)96-69-78(85)70-97-103(92,93)99-74-80(72-95-82(87)66-59-52-45-40-39-43-50-57-64-77(7)9-2)101-84(89)68-61-54-47-38-33-32-35-42-49-56-63-76(5)6/h75-80,85H,8-74H2,1-7H3,(H,90,91)(H,92,93)/t77?,78-,79-,80-/m1/s1. The maximum absolute atomic E-state index is 13.1. The van der Waals surface area contributed by atoms with E-state index in [0.29, 0.717) is 25.7 Å². The Hall–Kier alpha value is -1.94. The molecular weight excluding hydrogens is 1340 g/mol. The molecule has 3 N–H and O–H groups in total. The molecule has 0 aliphatic carbocycles. The van der Waals surface area contributed by atoms with Crippen LogP contribution in [0, 0.1) is 17.8 Å². The number of phosphoric ester groups is 2. The molecule has 0 amide bonds. The molecule has 0 aromatic heterocycles. The van der Waals surface area contributed by atoms with Crippen molar-refractivity contribution in [3.05, 3.63) is 0 Å². The Morgan fingerprint density at radius 3 is 0.738 bits per heavy atom. The molecular formula is C84H164O17P2. The third-order valence-corrected chi connectivity index (χ3v) is 21.9. The first kappa shape index (κ1) is 101. The van der Waals surface area contributed by atoms with Crippen LogP contribution in [0.25, 0.3) is 0 Å². The van der Waals surface area contributed by atoms with Crippen LogP contribution < -0.4 is 0 Å². The van der Waals surface area contributed by atoms with E-state index in [1.165, 1.54) is 250 Å². The van der Waals surface area contributed by atoms with Gasteiger partial charge in [0.05, 0.1) is 26.4 Å². The number of aliphatic hydroxyl groups excluding tert-OH is 1. The molecule has 3 unspecified atom stereocenters. The Morgan fingerprint density at radius 1 is 0.282 bits per heavy atom. The van der Waals surface area contributed by atoms with E-state index in [4.69, 9.17) is 37.0 Å². The molecule has 103 heavy (non-hydrogen) atoms. The van der Waals surface area contributed by atoms with E-state index >= 15 is 0 Å². The zero-order chi connectivity index (χ0) is 75.8. The third kappa shape index (κ3) is 76.6. The zero-order valence-corrected chi connectivity index (χ0v) is 69.6. The number of carbonyl (C=O) groups excluding carboxylic acids is 4. The van der Waals surface area contributed by atoms with Gasteiger partial charge in [-0.1, -0.05) is 389 Å². The molecule has 19 heteroatoms. The molecule has 0 saturated carbocycles. The molecule has 0 radical (unpaired) electrons. The molecule has 0 aliphatic heterocycles. The highest BCUT2D eigenvalue weighted by atomic mass is 31.2. The summed E-state index contributed by atoms with van der Waals surface area (Å²) < 4.78 is 68.8. The molecule has 0 aliphatic rings. The van der Waals surface area contributed by atoms with Crippen LogP contribution in [-0.4, -0.2) is 96.7 Å². The molecule has 612 valence electrons. The number of rotatable bonds is 82. The summed E-state index contributed by atoms with van der Waals surface area (Å²) in [5.74, 6) is 0.242. The highest BCUT2D eigenvalue weighted by molar-refractivity contribution is 7.47. The summed E-state index contributed by atoms with van der Waals surface area (Å²) in [7, 11) is -9.93. The van der Waals surface area contributed by atoms with Crippen molar-refractivity contribution in [2.75, 3.05) is 39.6 Å². The van der Waals surface area contributed by atoms with Gasteiger partial charge in [-0.15, -0.1) is 0 Å². The van der Waals surface area contributed by atoms with Gasteiger partial charge >= 0.3 is 39.5 Å². The van der Waals surface area contributed by atoms with Gasteiger partial charge in [0, 0.05) is 25.7 Å². The van der Waals surface area contributed by atoms with Gasteiger partial charge in [0.15, 0.2) is 12.2 Å². The number of ether oxygens (including phenoxy) is 4. The third-order valence-electron chi connectivity index (χ3n) is 20.0. The highest BCUT2D eigenvalue weighted by Gasteiger charge is 2.30. The monoisotopic (exact) mass is 1510 g/mol. The van der Waals surface area contributed by atoms with Crippen molar-refractivity contribution in [3.8, 4) is 0 Å². The minimum atomic E-state index is -4.96. The van der Waals surface area contributed by atoms with Gasteiger partial charge in [-0.05, 0) is 43.4 Å². The SMILES string of the molecule is CCCCCCCCCCCCCCCCCCCC(=O)OC[C@H](COP(=O)(O)OC[C@@H](O)COP(=O)(O)OC[C@@H](COC(=O)CCCCCCCCCCC(C)CC)OC(=O)CCCCCCCCCCCCC(C)C)OC(=O)CCCCCCCCCCCCCCCCCCCCC(C)C. The maximum Gasteiger partial charge on any atom is 0.472 e. The van der Waals surface area contributed by atoms with E-state index in [2.05, 4.69) is 48.5 Å². The van der Waals surface area contributed by atoms with Gasteiger partial charge in [-0.3, -0.25) is 37.3 Å². The fourth-order valence-corrected chi connectivity index (χ4v) is 14.6. The zero-order valence-electron chi connectivity index (χ0n) is 67.8. The van der Waals surface area contributed by atoms with E-state index in [-0.39, 0.29) is 25.7 Å². The number of hydrogen-bond acceptors (Lipinski definition) is 15. The van der Waals surface area contributed by atoms with Crippen LogP contribution in [0.4, 0.5) is 0 Å². The van der Waals surface area contributed by atoms with Crippen molar-refractivity contribution < 1.29 is 80.2 Å². The lowest BCUT2D eigenvalue weighted by molar-refractivity contribution is -0.161. The summed E-state index contributed by atoms with van der Waals surface area (Å²) >= 11 is 0. The van der Waals surface area contributed by atoms with Crippen LogP contribution in [0.5, 0.6) is 0 Å². The average Bonchev–Trinajstić information content (AvgIpc) is 0.909. The van der Waals surface area contributed by atoms with Crippen molar-refractivity contribution >= 4 is 39.5 Å². The van der Waals surface area contributed by atoms with Crippen LogP contribution in [0.3, 0.4) is 0 Å². The first-order chi connectivity index (χ1) is 49.8. The number of carbonyl (C=O) groups is 4. The predicted molar refractivity (Wildman–Crippen MR) is 423 cm³/mol. The fourth-order valence-electron chi connectivity index (χ4n) is 13.0. The minimum absolute atomic E-state index is 0.106. The topological polar surface area (TPSA) is 237 Å².